The van der Waals surface area contributed by atoms with Crippen LogP contribution in [0.4, 0.5) is 5.00 Å². The van der Waals surface area contributed by atoms with Crippen LogP contribution in [-0.2, 0) is 4.74 Å². The van der Waals surface area contributed by atoms with Crippen LogP contribution in [-0.4, -0.2) is 13.1 Å². The number of hydrogen-bond donors (Lipinski definition) is 1. The number of benzene rings is 1. The van der Waals surface area contributed by atoms with E-state index < -0.39 is 5.97 Å². The summed E-state index contributed by atoms with van der Waals surface area (Å²) in [6.07, 6.45) is 0. The monoisotopic (exact) mass is 315 g/mol. The van der Waals surface area contributed by atoms with E-state index in [1.807, 2.05) is 6.92 Å². The minimum atomic E-state index is -0.470. The van der Waals surface area contributed by atoms with E-state index in [0.717, 1.165) is 10.4 Å². The molecule has 0 bridgehead atoms. The second-order valence-corrected chi connectivity index (χ2v) is 5.99. The molecule has 0 spiro atoms. The number of halogens is 2. The van der Waals surface area contributed by atoms with Crippen molar-refractivity contribution in [3.8, 4) is 11.1 Å². The Hall–Kier alpha value is -1.23. The summed E-state index contributed by atoms with van der Waals surface area (Å²) in [5.74, 6) is -0.470. The highest BCUT2D eigenvalue weighted by Gasteiger charge is 2.23. The molecule has 1 aromatic carbocycles. The fourth-order valence-corrected chi connectivity index (χ4v) is 3.32. The van der Waals surface area contributed by atoms with Crippen molar-refractivity contribution in [2.24, 2.45) is 0 Å². The summed E-state index contributed by atoms with van der Waals surface area (Å²) in [6, 6.07) is 5.12. The number of nitrogen functional groups attached to an aromatic ring is 1. The van der Waals surface area contributed by atoms with Gasteiger partial charge < -0.3 is 10.5 Å². The molecule has 0 aliphatic rings. The molecule has 2 N–H and O–H groups in total. The fraction of sp³-hybridized carbons (Fsp3) is 0.154. The molecule has 0 unspecified atom stereocenters. The summed E-state index contributed by atoms with van der Waals surface area (Å²) < 4.78 is 4.77. The van der Waals surface area contributed by atoms with Gasteiger partial charge in [0.2, 0.25) is 0 Å². The van der Waals surface area contributed by atoms with Crippen LogP contribution in [0.3, 0.4) is 0 Å². The van der Waals surface area contributed by atoms with Gasteiger partial charge in [-0.2, -0.15) is 0 Å². The highest BCUT2D eigenvalue weighted by Crippen LogP contribution is 2.41. The lowest BCUT2D eigenvalue weighted by Crippen LogP contribution is -2.04. The first kappa shape index (κ1) is 14.2. The number of hydrogen-bond acceptors (Lipinski definition) is 4. The maximum absolute atomic E-state index is 11.9. The van der Waals surface area contributed by atoms with Crippen LogP contribution in [0.1, 0.15) is 15.2 Å². The topological polar surface area (TPSA) is 52.3 Å². The Morgan fingerprint density at radius 3 is 2.63 bits per heavy atom. The highest BCUT2D eigenvalue weighted by atomic mass is 35.5. The summed E-state index contributed by atoms with van der Waals surface area (Å²) in [5.41, 5.74) is 7.66. The van der Waals surface area contributed by atoms with E-state index in [1.165, 1.54) is 18.4 Å². The quantitative estimate of drug-likeness (QED) is 0.836. The standard InChI is InChI=1S/C13H11Cl2NO2S/c1-6-10(8-4-3-7(14)5-9(8)15)11(12(16)19-6)13(17)18-2/h3-5H,16H2,1-2H3. The Morgan fingerprint density at radius 1 is 1.37 bits per heavy atom. The SMILES string of the molecule is COC(=O)c1c(N)sc(C)c1-c1ccc(Cl)cc1Cl. The van der Waals surface area contributed by atoms with Crippen LogP contribution in [0.15, 0.2) is 18.2 Å². The van der Waals surface area contributed by atoms with Gasteiger partial charge in [0, 0.05) is 26.0 Å². The van der Waals surface area contributed by atoms with Crippen molar-refractivity contribution >= 4 is 45.5 Å². The van der Waals surface area contributed by atoms with Gasteiger partial charge in [0.1, 0.15) is 10.6 Å². The van der Waals surface area contributed by atoms with Crippen molar-refractivity contribution in [2.45, 2.75) is 6.92 Å². The molecule has 0 fully saturated rings. The number of nitrogens with two attached hydrogens (primary N) is 1. The Labute approximate surface area is 124 Å². The Kier molecular flexibility index (Phi) is 4.04. The van der Waals surface area contributed by atoms with Crippen molar-refractivity contribution in [1.82, 2.24) is 0 Å². The lowest BCUT2D eigenvalue weighted by atomic mass is 10.0. The molecular formula is C13H11Cl2NO2S. The largest absolute Gasteiger partial charge is 0.465 e. The van der Waals surface area contributed by atoms with Gasteiger partial charge in [-0.15, -0.1) is 11.3 Å². The molecule has 0 aliphatic heterocycles. The van der Waals surface area contributed by atoms with E-state index in [2.05, 4.69) is 0 Å². The molecule has 2 rings (SSSR count). The maximum Gasteiger partial charge on any atom is 0.341 e. The van der Waals surface area contributed by atoms with Gasteiger partial charge in [-0.1, -0.05) is 29.3 Å². The van der Waals surface area contributed by atoms with Gasteiger partial charge in [0.05, 0.1) is 7.11 Å². The van der Waals surface area contributed by atoms with Crippen LogP contribution in [0, 0.1) is 6.92 Å². The molecule has 0 atom stereocenters. The third-order valence-electron chi connectivity index (χ3n) is 2.70. The first-order valence-corrected chi connectivity index (χ1v) is 6.95. The van der Waals surface area contributed by atoms with Gasteiger partial charge >= 0.3 is 5.97 Å². The molecule has 1 aromatic heterocycles. The van der Waals surface area contributed by atoms with Gasteiger partial charge in [0.15, 0.2) is 0 Å². The zero-order valence-electron chi connectivity index (χ0n) is 10.3. The van der Waals surface area contributed by atoms with E-state index in [9.17, 15) is 4.79 Å². The first-order chi connectivity index (χ1) is 8.95. The van der Waals surface area contributed by atoms with Crippen LogP contribution in [0.25, 0.3) is 11.1 Å². The van der Waals surface area contributed by atoms with Gasteiger partial charge in [0.25, 0.3) is 0 Å². The minimum Gasteiger partial charge on any atom is -0.465 e. The number of anilines is 1. The number of carbonyl (C=O) groups is 1. The van der Waals surface area contributed by atoms with Crippen LogP contribution in [0.2, 0.25) is 10.0 Å². The van der Waals surface area contributed by atoms with Crippen molar-refractivity contribution in [2.75, 3.05) is 12.8 Å². The number of methoxy groups -OCH3 is 1. The van der Waals surface area contributed by atoms with E-state index in [0.29, 0.717) is 26.2 Å². The zero-order valence-corrected chi connectivity index (χ0v) is 12.6. The Bertz CT molecular complexity index is 652. The second-order valence-electron chi connectivity index (χ2n) is 3.89. The number of rotatable bonds is 2. The third kappa shape index (κ3) is 2.56. The lowest BCUT2D eigenvalue weighted by molar-refractivity contribution is 0.0603. The first-order valence-electron chi connectivity index (χ1n) is 5.38. The smallest absolute Gasteiger partial charge is 0.341 e. The molecule has 1 heterocycles. The Balaban J connectivity index is 2.71. The third-order valence-corrected chi connectivity index (χ3v) is 4.18. The summed E-state index contributed by atoms with van der Waals surface area (Å²) >= 11 is 13.4. The number of ether oxygens (including phenoxy) is 1. The van der Waals surface area contributed by atoms with Crippen molar-refractivity contribution in [1.29, 1.82) is 0 Å². The molecule has 0 saturated carbocycles. The predicted molar refractivity (Wildman–Crippen MR) is 80.3 cm³/mol. The van der Waals surface area contributed by atoms with Gasteiger partial charge in [-0.3, -0.25) is 0 Å². The minimum absolute atomic E-state index is 0.356. The molecule has 2 aromatic rings. The summed E-state index contributed by atoms with van der Waals surface area (Å²) in [4.78, 5) is 12.8. The van der Waals surface area contributed by atoms with Crippen molar-refractivity contribution < 1.29 is 9.53 Å². The summed E-state index contributed by atoms with van der Waals surface area (Å²) in [5, 5.41) is 1.43. The molecule has 3 nitrogen and oxygen atoms in total. The zero-order chi connectivity index (χ0) is 14.2. The fourth-order valence-electron chi connectivity index (χ4n) is 1.89. The number of aryl methyl sites for hydroxylation is 1. The molecule has 6 heteroatoms. The van der Waals surface area contributed by atoms with E-state index in [4.69, 9.17) is 33.7 Å². The summed E-state index contributed by atoms with van der Waals surface area (Å²) in [6.45, 7) is 1.88. The number of esters is 1. The van der Waals surface area contributed by atoms with Crippen LogP contribution >= 0.6 is 34.5 Å². The van der Waals surface area contributed by atoms with Crippen LogP contribution < -0.4 is 5.73 Å². The normalized spacial score (nSPS) is 10.5. The van der Waals surface area contributed by atoms with Crippen molar-refractivity contribution in [3.05, 3.63) is 38.7 Å². The van der Waals surface area contributed by atoms with Gasteiger partial charge in [-0.25, -0.2) is 4.79 Å². The van der Waals surface area contributed by atoms with Crippen LogP contribution in [0.5, 0.6) is 0 Å². The Morgan fingerprint density at radius 2 is 2.05 bits per heavy atom. The summed E-state index contributed by atoms with van der Waals surface area (Å²) in [7, 11) is 1.32. The molecule has 19 heavy (non-hydrogen) atoms. The predicted octanol–water partition coefficient (Wildman–Crippen LogP) is 4.40. The number of thiophene rings is 1. The second kappa shape index (κ2) is 5.41. The highest BCUT2D eigenvalue weighted by molar-refractivity contribution is 7.16. The average Bonchev–Trinajstić information content (AvgIpc) is 2.63. The van der Waals surface area contributed by atoms with E-state index >= 15 is 0 Å². The lowest BCUT2D eigenvalue weighted by Gasteiger charge is -2.08. The number of carbonyl (C=O) groups excluding carboxylic acids is 1. The maximum atomic E-state index is 11.9. The molecular weight excluding hydrogens is 305 g/mol. The average molecular weight is 316 g/mol. The van der Waals surface area contributed by atoms with Crippen molar-refractivity contribution in [3.63, 3.8) is 0 Å². The van der Waals surface area contributed by atoms with E-state index in [-0.39, 0.29) is 0 Å². The van der Waals surface area contributed by atoms with E-state index in [1.54, 1.807) is 18.2 Å². The molecule has 100 valence electrons. The molecule has 0 radical (unpaired) electrons. The molecule has 0 aliphatic carbocycles. The molecule has 0 amide bonds. The van der Waals surface area contributed by atoms with Gasteiger partial charge in [-0.05, 0) is 19.1 Å². The molecule has 0 saturated heterocycles.